The summed E-state index contributed by atoms with van der Waals surface area (Å²) in [5.74, 6) is 0. The van der Waals surface area contributed by atoms with Crippen LogP contribution in [0.4, 0.5) is 0 Å². The maximum absolute atomic E-state index is 4.37. The van der Waals surface area contributed by atoms with Crippen LogP contribution in [0.25, 0.3) is 16.8 Å². The van der Waals surface area contributed by atoms with Crippen LogP contribution in [0.3, 0.4) is 0 Å². The molecule has 15 heavy (non-hydrogen) atoms. The lowest BCUT2D eigenvalue weighted by Crippen LogP contribution is -1.99. The van der Waals surface area contributed by atoms with Crippen LogP contribution < -0.4 is 0 Å². The number of hydrogen-bond acceptors (Lipinski definition) is 1. The van der Waals surface area contributed by atoms with Crippen LogP contribution >= 0.6 is 0 Å². The van der Waals surface area contributed by atoms with Crippen LogP contribution in [0.15, 0.2) is 60.9 Å². The van der Waals surface area contributed by atoms with Crippen LogP contribution in [-0.4, -0.2) is 9.78 Å². The van der Waals surface area contributed by atoms with E-state index in [9.17, 15) is 0 Å². The van der Waals surface area contributed by atoms with Crippen molar-refractivity contribution in [3.8, 4) is 16.8 Å². The number of nitrogens with zero attached hydrogens (tertiary/aromatic N) is 2. The summed E-state index contributed by atoms with van der Waals surface area (Å²) in [5.41, 5.74) is 3.48. The van der Waals surface area contributed by atoms with Crippen molar-refractivity contribution >= 4 is 0 Å². The molecule has 0 bridgehead atoms. The van der Waals surface area contributed by atoms with E-state index in [0.717, 1.165) is 5.69 Å². The van der Waals surface area contributed by atoms with E-state index in [0.29, 0.717) is 0 Å². The maximum atomic E-state index is 4.37. The van der Waals surface area contributed by atoms with E-state index in [-0.39, 0.29) is 0 Å². The second-order valence-electron chi connectivity index (χ2n) is 3.49. The Kier molecular flexibility index (Phi) is 1.78. The lowest BCUT2D eigenvalue weighted by molar-refractivity contribution is 0.845. The summed E-state index contributed by atoms with van der Waals surface area (Å²) in [4.78, 5) is 0. The van der Waals surface area contributed by atoms with Gasteiger partial charge in [-0.25, -0.2) is 4.68 Å². The topological polar surface area (TPSA) is 17.8 Å². The van der Waals surface area contributed by atoms with E-state index in [1.807, 2.05) is 53.5 Å². The average Bonchev–Trinajstić information content (AvgIpc) is 2.77. The zero-order valence-electron chi connectivity index (χ0n) is 8.17. The number of aromatic nitrogens is 2. The van der Waals surface area contributed by atoms with E-state index in [2.05, 4.69) is 17.2 Å². The zero-order chi connectivity index (χ0) is 10.1. The maximum Gasteiger partial charge on any atom is 0.0645 e. The van der Waals surface area contributed by atoms with Gasteiger partial charge in [0.1, 0.15) is 0 Å². The second-order valence-corrected chi connectivity index (χ2v) is 3.49. The highest BCUT2D eigenvalue weighted by atomic mass is 15.3. The van der Waals surface area contributed by atoms with E-state index in [1.165, 1.54) is 11.1 Å². The molecule has 0 unspecified atom stereocenters. The standard InChI is InChI=1S/C13H10N2/c1-2-7-13(8-3-1)15-10-12-6-4-5-11(12)9-14-15/h1-10H. The summed E-state index contributed by atoms with van der Waals surface area (Å²) in [5, 5.41) is 4.37. The summed E-state index contributed by atoms with van der Waals surface area (Å²) in [6.07, 6.45) is 3.94. The molecule has 0 radical (unpaired) electrons. The van der Waals surface area contributed by atoms with Crippen LogP contribution in [0.1, 0.15) is 0 Å². The van der Waals surface area contributed by atoms with E-state index in [4.69, 9.17) is 0 Å². The van der Waals surface area contributed by atoms with E-state index >= 15 is 0 Å². The van der Waals surface area contributed by atoms with Gasteiger partial charge in [0.25, 0.3) is 0 Å². The predicted molar refractivity (Wildman–Crippen MR) is 60.2 cm³/mol. The Morgan fingerprint density at radius 1 is 0.800 bits per heavy atom. The molecule has 0 amide bonds. The number of benzene rings is 1. The van der Waals surface area contributed by atoms with E-state index in [1.54, 1.807) is 0 Å². The van der Waals surface area contributed by atoms with Crippen molar-refractivity contribution in [1.29, 1.82) is 0 Å². The fourth-order valence-electron chi connectivity index (χ4n) is 1.69. The SMILES string of the molecule is c1ccc(-n2cc3cccc-3cn2)cc1. The van der Waals surface area contributed by atoms with Gasteiger partial charge in [-0.2, -0.15) is 5.10 Å². The van der Waals surface area contributed by atoms with Gasteiger partial charge in [-0.15, -0.1) is 0 Å². The van der Waals surface area contributed by atoms with Crippen molar-refractivity contribution in [2.45, 2.75) is 0 Å². The number of rotatable bonds is 1. The van der Waals surface area contributed by atoms with Gasteiger partial charge in [-0.3, -0.25) is 0 Å². The van der Waals surface area contributed by atoms with Gasteiger partial charge < -0.3 is 0 Å². The first-order valence-electron chi connectivity index (χ1n) is 4.92. The third-order valence-electron chi connectivity index (χ3n) is 2.49. The van der Waals surface area contributed by atoms with Gasteiger partial charge in [0, 0.05) is 17.3 Å². The molecule has 72 valence electrons. The quantitative estimate of drug-likeness (QED) is 0.582. The molecule has 1 aromatic rings. The van der Waals surface area contributed by atoms with Gasteiger partial charge in [0.05, 0.1) is 11.9 Å². The molecule has 0 atom stereocenters. The molecular weight excluding hydrogens is 184 g/mol. The molecule has 2 aliphatic rings. The summed E-state index contributed by atoms with van der Waals surface area (Å²) >= 11 is 0. The third-order valence-corrected chi connectivity index (χ3v) is 2.49. The predicted octanol–water partition coefficient (Wildman–Crippen LogP) is 2.98. The lowest BCUT2D eigenvalue weighted by Gasteiger charge is -2.07. The monoisotopic (exact) mass is 194 g/mol. The molecule has 0 N–H and O–H groups in total. The molecule has 3 rings (SSSR count). The first-order valence-corrected chi connectivity index (χ1v) is 4.92. The Morgan fingerprint density at radius 2 is 1.60 bits per heavy atom. The summed E-state index contributed by atoms with van der Waals surface area (Å²) < 4.78 is 1.89. The summed E-state index contributed by atoms with van der Waals surface area (Å²) in [6, 6.07) is 16.3. The van der Waals surface area contributed by atoms with Crippen LogP contribution in [0, 0.1) is 0 Å². The summed E-state index contributed by atoms with van der Waals surface area (Å²) in [6.45, 7) is 0. The molecule has 1 aliphatic heterocycles. The van der Waals surface area contributed by atoms with Crippen molar-refractivity contribution in [3.05, 3.63) is 60.9 Å². The van der Waals surface area contributed by atoms with Crippen LogP contribution in [0.2, 0.25) is 0 Å². The highest BCUT2D eigenvalue weighted by Gasteiger charge is 2.03. The minimum absolute atomic E-state index is 1.08. The highest BCUT2D eigenvalue weighted by molar-refractivity contribution is 5.64. The summed E-state index contributed by atoms with van der Waals surface area (Å²) in [7, 11) is 0. The first kappa shape index (κ1) is 8.24. The molecule has 0 saturated heterocycles. The second kappa shape index (κ2) is 3.24. The van der Waals surface area contributed by atoms with Crippen molar-refractivity contribution in [2.24, 2.45) is 0 Å². The number of para-hydroxylation sites is 1. The zero-order valence-corrected chi connectivity index (χ0v) is 8.17. The number of fused-ring (bicyclic) bond motifs is 1. The molecular formula is C13H10N2. The van der Waals surface area contributed by atoms with Gasteiger partial charge in [0.2, 0.25) is 0 Å². The molecule has 0 spiro atoms. The molecule has 0 aromatic heterocycles. The Morgan fingerprint density at radius 3 is 2.47 bits per heavy atom. The lowest BCUT2D eigenvalue weighted by atomic mass is 10.2. The Balaban J connectivity index is 2.17. The highest BCUT2D eigenvalue weighted by Crippen LogP contribution is 2.21. The minimum atomic E-state index is 1.08. The van der Waals surface area contributed by atoms with Gasteiger partial charge in [-0.05, 0) is 12.1 Å². The molecule has 0 saturated carbocycles. The van der Waals surface area contributed by atoms with Gasteiger partial charge in [-0.1, -0.05) is 36.4 Å². The average molecular weight is 194 g/mol. The number of hydrogen-bond donors (Lipinski definition) is 0. The Bertz CT molecular complexity index is 540. The van der Waals surface area contributed by atoms with Crippen LogP contribution in [0.5, 0.6) is 0 Å². The molecule has 2 heteroatoms. The van der Waals surface area contributed by atoms with E-state index < -0.39 is 0 Å². The van der Waals surface area contributed by atoms with Crippen molar-refractivity contribution in [2.75, 3.05) is 0 Å². The molecule has 1 aromatic carbocycles. The normalized spacial score (nSPS) is 10.7. The largest absolute Gasteiger partial charge is 0.240 e. The fraction of sp³-hybridized carbons (Fsp3) is 0. The van der Waals surface area contributed by atoms with Crippen molar-refractivity contribution in [1.82, 2.24) is 9.78 Å². The Labute approximate surface area is 88.1 Å². The fourth-order valence-corrected chi connectivity index (χ4v) is 1.69. The van der Waals surface area contributed by atoms with Gasteiger partial charge in [0.15, 0.2) is 0 Å². The third kappa shape index (κ3) is 1.40. The minimum Gasteiger partial charge on any atom is -0.240 e. The smallest absolute Gasteiger partial charge is 0.0645 e. The van der Waals surface area contributed by atoms with Crippen molar-refractivity contribution < 1.29 is 0 Å². The van der Waals surface area contributed by atoms with Gasteiger partial charge >= 0.3 is 0 Å². The first-order chi connectivity index (χ1) is 7.43. The van der Waals surface area contributed by atoms with Crippen molar-refractivity contribution in [3.63, 3.8) is 0 Å². The molecule has 1 aliphatic carbocycles. The Hall–Kier alpha value is -2.09. The molecule has 0 fully saturated rings. The van der Waals surface area contributed by atoms with Crippen LogP contribution in [-0.2, 0) is 0 Å². The molecule has 1 heterocycles. The molecule has 2 nitrogen and oxygen atoms in total.